The number of hydrogen-bond acceptors (Lipinski definition) is 5. The second kappa shape index (κ2) is 7.28. The van der Waals surface area contributed by atoms with Gasteiger partial charge in [0.1, 0.15) is 11.5 Å². The molecule has 5 heteroatoms. The topological polar surface area (TPSA) is 65.0 Å². The smallest absolute Gasteiger partial charge is 0.171 e. The van der Waals surface area contributed by atoms with Crippen molar-refractivity contribution in [2.75, 3.05) is 20.3 Å². The number of benzene rings is 1. The Morgan fingerprint density at radius 2 is 1.78 bits per heavy atom. The number of carbonyl (C=O) groups is 1. The van der Waals surface area contributed by atoms with Crippen molar-refractivity contribution in [3.8, 4) is 5.75 Å². The standard InChI is InChI=1S/C27H36O5/c1-25-15-20(17-3-5-18(30-2)6-4-17)24-19(21(25)7-8-23(25)28)9-11-26(29)16-27(12-10-22(24)26)31-13-14-32-27/h3-6,19-22,24,29H,7-16H2,1-2H3/t19-,20+,21+,22+,24+,25-,26+/m0/s1. The SMILES string of the molecule is COc1ccc([C@H]2C[C@]3(C)C(=O)CC[C@@H]3[C@@H]3CC[C@@]4(O)CC5(CC[C@@H]4[C@H]32)OCCO5)cc1. The van der Waals surface area contributed by atoms with Gasteiger partial charge in [0.15, 0.2) is 5.79 Å². The van der Waals surface area contributed by atoms with Crippen molar-refractivity contribution in [2.45, 2.75) is 75.6 Å². The third-order valence-electron chi connectivity index (χ3n) is 10.1. The van der Waals surface area contributed by atoms with Crippen LogP contribution >= 0.6 is 0 Å². The van der Waals surface area contributed by atoms with Crippen LogP contribution in [-0.4, -0.2) is 42.6 Å². The van der Waals surface area contributed by atoms with Crippen molar-refractivity contribution in [2.24, 2.45) is 29.1 Å². The maximum atomic E-state index is 13.1. The van der Waals surface area contributed by atoms with Crippen LogP contribution in [0.25, 0.3) is 0 Å². The van der Waals surface area contributed by atoms with E-state index in [4.69, 9.17) is 14.2 Å². The summed E-state index contributed by atoms with van der Waals surface area (Å²) < 4.78 is 17.5. The molecule has 6 rings (SSSR count). The van der Waals surface area contributed by atoms with E-state index in [9.17, 15) is 9.90 Å². The van der Waals surface area contributed by atoms with Gasteiger partial charge in [0, 0.05) is 24.7 Å². The highest BCUT2D eigenvalue weighted by Gasteiger charge is 2.64. The number of Topliss-reactive ketones (excluding diaryl/α,β-unsaturated/α-hetero) is 1. The molecule has 0 radical (unpaired) electrons. The molecular weight excluding hydrogens is 404 g/mol. The molecule has 0 bridgehead atoms. The molecule has 5 aliphatic rings. The van der Waals surface area contributed by atoms with E-state index in [0.29, 0.717) is 43.2 Å². The minimum atomic E-state index is -0.745. The van der Waals surface area contributed by atoms with Gasteiger partial charge < -0.3 is 19.3 Å². The molecule has 0 unspecified atom stereocenters. The quantitative estimate of drug-likeness (QED) is 0.735. The number of hydrogen-bond donors (Lipinski definition) is 1. The Bertz CT molecular complexity index is 890. The molecule has 0 amide bonds. The fraction of sp³-hybridized carbons (Fsp3) is 0.741. The minimum Gasteiger partial charge on any atom is -0.497 e. The molecule has 5 fully saturated rings. The highest BCUT2D eigenvalue weighted by Crippen LogP contribution is 2.66. The first-order valence-corrected chi connectivity index (χ1v) is 12.6. The lowest BCUT2D eigenvalue weighted by atomic mass is 9.45. The third-order valence-corrected chi connectivity index (χ3v) is 10.1. The van der Waals surface area contributed by atoms with Gasteiger partial charge in [-0.25, -0.2) is 0 Å². The van der Waals surface area contributed by atoms with E-state index < -0.39 is 11.4 Å². The molecule has 1 aliphatic heterocycles. The molecule has 174 valence electrons. The first kappa shape index (κ1) is 21.1. The molecule has 1 saturated heterocycles. The largest absolute Gasteiger partial charge is 0.497 e. The average molecular weight is 441 g/mol. The summed E-state index contributed by atoms with van der Waals surface area (Å²) in [5.41, 5.74) is 0.317. The average Bonchev–Trinajstić information content (AvgIpc) is 3.36. The van der Waals surface area contributed by atoms with Crippen molar-refractivity contribution in [3.05, 3.63) is 29.8 Å². The van der Waals surface area contributed by atoms with Crippen LogP contribution < -0.4 is 4.74 Å². The summed E-state index contributed by atoms with van der Waals surface area (Å²) in [6.07, 6.45) is 6.81. The van der Waals surface area contributed by atoms with Crippen LogP contribution in [-0.2, 0) is 14.3 Å². The van der Waals surface area contributed by atoms with Crippen LogP contribution in [0.15, 0.2) is 24.3 Å². The zero-order chi connectivity index (χ0) is 22.1. The zero-order valence-corrected chi connectivity index (χ0v) is 19.3. The number of carbonyl (C=O) groups excluding carboxylic acids is 1. The highest BCUT2D eigenvalue weighted by molar-refractivity contribution is 5.87. The fourth-order valence-corrected chi connectivity index (χ4v) is 8.69. The Balaban J connectivity index is 1.39. The van der Waals surface area contributed by atoms with Crippen LogP contribution in [0.3, 0.4) is 0 Å². The number of ketones is 1. The van der Waals surface area contributed by atoms with Gasteiger partial charge in [0.2, 0.25) is 0 Å². The highest BCUT2D eigenvalue weighted by atomic mass is 16.7. The van der Waals surface area contributed by atoms with E-state index in [0.717, 1.165) is 50.7 Å². The first-order chi connectivity index (χ1) is 15.4. The van der Waals surface area contributed by atoms with Gasteiger partial charge in [-0.15, -0.1) is 0 Å². The van der Waals surface area contributed by atoms with E-state index in [1.54, 1.807) is 7.11 Å². The van der Waals surface area contributed by atoms with Gasteiger partial charge in [0.25, 0.3) is 0 Å². The fourth-order valence-electron chi connectivity index (χ4n) is 8.69. The van der Waals surface area contributed by atoms with Gasteiger partial charge >= 0.3 is 0 Å². The van der Waals surface area contributed by atoms with Gasteiger partial charge in [-0.05, 0) is 79.4 Å². The number of ether oxygens (including phenoxy) is 3. The maximum absolute atomic E-state index is 13.1. The zero-order valence-electron chi connectivity index (χ0n) is 19.3. The van der Waals surface area contributed by atoms with Gasteiger partial charge in [0.05, 0.1) is 25.9 Å². The monoisotopic (exact) mass is 440 g/mol. The van der Waals surface area contributed by atoms with Crippen LogP contribution in [0.4, 0.5) is 0 Å². The third kappa shape index (κ3) is 2.97. The molecule has 32 heavy (non-hydrogen) atoms. The van der Waals surface area contributed by atoms with E-state index in [1.165, 1.54) is 5.56 Å². The lowest BCUT2D eigenvalue weighted by Gasteiger charge is -2.61. The van der Waals surface area contributed by atoms with Crippen molar-refractivity contribution < 1.29 is 24.1 Å². The number of fused-ring (bicyclic) bond motifs is 5. The summed E-state index contributed by atoms with van der Waals surface area (Å²) in [6, 6.07) is 8.45. The summed E-state index contributed by atoms with van der Waals surface area (Å²) in [4.78, 5) is 13.1. The van der Waals surface area contributed by atoms with Crippen LogP contribution in [0.5, 0.6) is 5.75 Å². The summed E-state index contributed by atoms with van der Waals surface area (Å²) >= 11 is 0. The maximum Gasteiger partial charge on any atom is 0.171 e. The predicted octanol–water partition coefficient (Wildman–Crippen LogP) is 4.47. The second-order valence-electron chi connectivity index (χ2n) is 11.4. The minimum absolute atomic E-state index is 0.227. The van der Waals surface area contributed by atoms with Crippen molar-refractivity contribution in [1.29, 1.82) is 0 Å². The lowest BCUT2D eigenvalue weighted by Crippen LogP contribution is -2.61. The predicted molar refractivity (Wildman–Crippen MR) is 119 cm³/mol. The molecule has 5 nitrogen and oxygen atoms in total. The molecule has 4 saturated carbocycles. The Hall–Kier alpha value is -1.43. The molecule has 0 aromatic heterocycles. The summed E-state index contributed by atoms with van der Waals surface area (Å²) in [5.74, 6) is 2.58. The second-order valence-corrected chi connectivity index (χ2v) is 11.4. The normalized spacial score (nSPS) is 44.7. The van der Waals surface area contributed by atoms with Crippen LogP contribution in [0.2, 0.25) is 0 Å². The molecule has 1 aromatic rings. The molecule has 4 aliphatic carbocycles. The molecule has 1 N–H and O–H groups in total. The molecule has 1 aromatic carbocycles. The van der Waals surface area contributed by atoms with Gasteiger partial charge in [-0.1, -0.05) is 19.1 Å². The summed E-state index contributed by atoms with van der Waals surface area (Å²) in [7, 11) is 1.70. The number of rotatable bonds is 2. The Labute approximate surface area is 190 Å². The Morgan fingerprint density at radius 1 is 1.03 bits per heavy atom. The molecule has 7 atom stereocenters. The van der Waals surface area contributed by atoms with E-state index >= 15 is 0 Å². The van der Waals surface area contributed by atoms with Crippen molar-refractivity contribution >= 4 is 5.78 Å². The summed E-state index contributed by atoms with van der Waals surface area (Å²) in [5, 5.41) is 12.0. The Morgan fingerprint density at radius 3 is 2.50 bits per heavy atom. The first-order valence-electron chi connectivity index (χ1n) is 12.6. The number of aliphatic hydroxyl groups is 1. The molecule has 1 spiro atoms. The summed E-state index contributed by atoms with van der Waals surface area (Å²) in [6.45, 7) is 3.49. The Kier molecular flexibility index (Phi) is 4.81. The molecule has 1 heterocycles. The van der Waals surface area contributed by atoms with E-state index in [2.05, 4.69) is 19.1 Å². The van der Waals surface area contributed by atoms with Crippen LogP contribution in [0.1, 0.15) is 69.8 Å². The van der Waals surface area contributed by atoms with Gasteiger partial charge in [-0.2, -0.15) is 0 Å². The van der Waals surface area contributed by atoms with Crippen molar-refractivity contribution in [3.63, 3.8) is 0 Å². The van der Waals surface area contributed by atoms with E-state index in [1.807, 2.05) is 12.1 Å². The lowest BCUT2D eigenvalue weighted by molar-refractivity contribution is -0.257. The van der Waals surface area contributed by atoms with Gasteiger partial charge in [-0.3, -0.25) is 4.79 Å². The van der Waals surface area contributed by atoms with Crippen LogP contribution in [0, 0.1) is 29.1 Å². The molecular formula is C27H36O5. The van der Waals surface area contributed by atoms with E-state index in [-0.39, 0.29) is 17.3 Å². The number of methoxy groups -OCH3 is 1. The van der Waals surface area contributed by atoms with Crippen molar-refractivity contribution in [1.82, 2.24) is 0 Å².